The zero-order chi connectivity index (χ0) is 14.4. The highest BCUT2D eigenvalue weighted by Crippen LogP contribution is 2.25. The van der Waals surface area contributed by atoms with Crippen LogP contribution in [0.5, 0.6) is 0 Å². The molecule has 3 nitrogen and oxygen atoms in total. The standard InChI is InChI=1S/C16H23NO2S/c1-3-20-15-9-5-4-8-14(15)16(18)17-10-6-7-13(11-17)12-19-2/h4-5,8-9,13H,3,6-7,10-12H2,1-2H3. The van der Waals surface area contributed by atoms with Gasteiger partial charge in [-0.1, -0.05) is 19.1 Å². The van der Waals surface area contributed by atoms with Crippen molar-refractivity contribution in [3.63, 3.8) is 0 Å². The van der Waals surface area contributed by atoms with Crippen molar-refractivity contribution in [2.24, 2.45) is 5.92 Å². The van der Waals surface area contributed by atoms with Crippen LogP contribution in [0.15, 0.2) is 29.2 Å². The van der Waals surface area contributed by atoms with Gasteiger partial charge in [0.25, 0.3) is 5.91 Å². The smallest absolute Gasteiger partial charge is 0.254 e. The summed E-state index contributed by atoms with van der Waals surface area (Å²) in [7, 11) is 1.73. The Hall–Kier alpha value is -1.00. The highest BCUT2D eigenvalue weighted by atomic mass is 32.2. The Balaban J connectivity index is 2.10. The van der Waals surface area contributed by atoms with E-state index in [-0.39, 0.29) is 5.91 Å². The van der Waals surface area contributed by atoms with Crippen LogP contribution in [0.2, 0.25) is 0 Å². The van der Waals surface area contributed by atoms with Crippen molar-refractivity contribution in [3.8, 4) is 0 Å². The van der Waals surface area contributed by atoms with Gasteiger partial charge < -0.3 is 9.64 Å². The minimum atomic E-state index is 0.169. The Labute approximate surface area is 125 Å². The molecule has 1 aliphatic rings. The molecule has 4 heteroatoms. The third-order valence-corrected chi connectivity index (χ3v) is 4.58. The van der Waals surface area contributed by atoms with E-state index < -0.39 is 0 Å². The number of carbonyl (C=O) groups is 1. The fraction of sp³-hybridized carbons (Fsp3) is 0.562. The minimum Gasteiger partial charge on any atom is -0.384 e. The summed E-state index contributed by atoms with van der Waals surface area (Å²) in [6.45, 7) is 4.54. The van der Waals surface area contributed by atoms with E-state index in [4.69, 9.17) is 4.74 Å². The molecule has 0 saturated carbocycles. The number of rotatable bonds is 5. The van der Waals surface area contributed by atoms with Crippen molar-refractivity contribution >= 4 is 17.7 Å². The molecule has 0 radical (unpaired) electrons. The molecule has 1 aliphatic heterocycles. The van der Waals surface area contributed by atoms with Crippen LogP contribution >= 0.6 is 11.8 Å². The van der Waals surface area contributed by atoms with Gasteiger partial charge in [0.15, 0.2) is 0 Å². The maximum Gasteiger partial charge on any atom is 0.254 e. The molecule has 110 valence electrons. The minimum absolute atomic E-state index is 0.169. The van der Waals surface area contributed by atoms with Gasteiger partial charge in [-0.05, 0) is 36.6 Å². The third kappa shape index (κ3) is 3.76. The summed E-state index contributed by atoms with van der Waals surface area (Å²) in [5.41, 5.74) is 0.845. The lowest BCUT2D eigenvalue weighted by molar-refractivity contribution is 0.0568. The number of ether oxygens (including phenoxy) is 1. The van der Waals surface area contributed by atoms with Crippen LogP contribution in [-0.2, 0) is 4.74 Å². The molecular formula is C16H23NO2S. The van der Waals surface area contributed by atoms with Crippen molar-refractivity contribution in [1.29, 1.82) is 0 Å². The predicted octanol–water partition coefficient (Wildman–Crippen LogP) is 3.30. The van der Waals surface area contributed by atoms with Gasteiger partial charge >= 0.3 is 0 Å². The number of hydrogen-bond donors (Lipinski definition) is 0. The number of methoxy groups -OCH3 is 1. The Bertz CT molecular complexity index is 448. The summed E-state index contributed by atoms with van der Waals surface area (Å²) < 4.78 is 5.24. The van der Waals surface area contributed by atoms with Crippen molar-refractivity contribution in [2.45, 2.75) is 24.7 Å². The molecule has 1 amide bonds. The molecule has 2 rings (SSSR count). The molecule has 1 atom stereocenters. The molecule has 0 bridgehead atoms. The van der Waals surface area contributed by atoms with Gasteiger partial charge in [-0.25, -0.2) is 0 Å². The molecule has 0 spiro atoms. The number of carbonyl (C=O) groups excluding carboxylic acids is 1. The number of piperidine rings is 1. The van der Waals surface area contributed by atoms with Crippen LogP contribution in [-0.4, -0.2) is 43.4 Å². The van der Waals surface area contributed by atoms with Gasteiger partial charge in [-0.2, -0.15) is 0 Å². The molecule has 1 unspecified atom stereocenters. The van der Waals surface area contributed by atoms with Crippen LogP contribution in [0.25, 0.3) is 0 Å². The molecule has 1 aromatic rings. The fourth-order valence-corrected chi connectivity index (χ4v) is 3.51. The van der Waals surface area contributed by atoms with E-state index in [2.05, 4.69) is 6.92 Å². The number of hydrogen-bond acceptors (Lipinski definition) is 3. The van der Waals surface area contributed by atoms with E-state index in [0.717, 1.165) is 48.7 Å². The summed E-state index contributed by atoms with van der Waals surface area (Å²) in [5, 5.41) is 0. The van der Waals surface area contributed by atoms with Crippen molar-refractivity contribution in [2.75, 3.05) is 32.6 Å². The summed E-state index contributed by atoms with van der Waals surface area (Å²) in [6, 6.07) is 7.93. The largest absolute Gasteiger partial charge is 0.384 e. The topological polar surface area (TPSA) is 29.5 Å². The Morgan fingerprint density at radius 1 is 1.45 bits per heavy atom. The first-order chi connectivity index (χ1) is 9.76. The van der Waals surface area contributed by atoms with Gasteiger partial charge in [0, 0.05) is 25.1 Å². The van der Waals surface area contributed by atoms with E-state index in [9.17, 15) is 4.79 Å². The summed E-state index contributed by atoms with van der Waals surface area (Å²) in [6.07, 6.45) is 2.23. The number of benzene rings is 1. The number of amides is 1. The monoisotopic (exact) mass is 293 g/mol. The van der Waals surface area contributed by atoms with Gasteiger partial charge in [0.1, 0.15) is 0 Å². The normalized spacial score (nSPS) is 19.1. The molecule has 0 N–H and O–H groups in total. The van der Waals surface area contributed by atoms with Gasteiger partial charge in [-0.15, -0.1) is 11.8 Å². The SMILES string of the molecule is CCSc1ccccc1C(=O)N1CCCC(COC)C1. The highest BCUT2D eigenvalue weighted by molar-refractivity contribution is 7.99. The van der Waals surface area contributed by atoms with Crippen molar-refractivity contribution in [3.05, 3.63) is 29.8 Å². The second-order valence-corrected chi connectivity index (χ2v) is 6.45. The molecular weight excluding hydrogens is 270 g/mol. The molecule has 20 heavy (non-hydrogen) atoms. The molecule has 1 heterocycles. The van der Waals surface area contributed by atoms with Crippen LogP contribution in [0.4, 0.5) is 0 Å². The Morgan fingerprint density at radius 3 is 3.00 bits per heavy atom. The number of thioether (sulfide) groups is 1. The molecule has 0 aliphatic carbocycles. The average Bonchev–Trinajstić information content (AvgIpc) is 2.48. The Morgan fingerprint density at radius 2 is 2.25 bits per heavy atom. The van der Waals surface area contributed by atoms with Crippen LogP contribution < -0.4 is 0 Å². The highest BCUT2D eigenvalue weighted by Gasteiger charge is 2.25. The van der Waals surface area contributed by atoms with Crippen molar-refractivity contribution in [1.82, 2.24) is 4.90 Å². The van der Waals surface area contributed by atoms with E-state index in [1.54, 1.807) is 18.9 Å². The van der Waals surface area contributed by atoms with E-state index in [1.165, 1.54) is 0 Å². The van der Waals surface area contributed by atoms with Crippen LogP contribution in [0, 0.1) is 5.92 Å². The van der Waals surface area contributed by atoms with Crippen molar-refractivity contribution < 1.29 is 9.53 Å². The maximum atomic E-state index is 12.7. The zero-order valence-corrected chi connectivity index (χ0v) is 13.1. The third-order valence-electron chi connectivity index (χ3n) is 3.63. The zero-order valence-electron chi connectivity index (χ0n) is 12.3. The average molecular weight is 293 g/mol. The van der Waals surface area contributed by atoms with E-state index in [0.29, 0.717) is 5.92 Å². The second kappa shape index (κ2) is 7.70. The first-order valence-electron chi connectivity index (χ1n) is 7.26. The lowest BCUT2D eigenvalue weighted by Gasteiger charge is -2.32. The lowest BCUT2D eigenvalue weighted by Crippen LogP contribution is -2.41. The second-order valence-electron chi connectivity index (χ2n) is 5.14. The number of likely N-dealkylation sites (tertiary alicyclic amines) is 1. The first kappa shape index (κ1) is 15.4. The summed E-state index contributed by atoms with van der Waals surface area (Å²) in [5.74, 6) is 1.63. The predicted molar refractivity (Wildman–Crippen MR) is 83.3 cm³/mol. The van der Waals surface area contributed by atoms with Gasteiger partial charge in [0.2, 0.25) is 0 Å². The van der Waals surface area contributed by atoms with E-state index >= 15 is 0 Å². The van der Waals surface area contributed by atoms with Gasteiger partial charge in [-0.3, -0.25) is 4.79 Å². The maximum absolute atomic E-state index is 12.7. The van der Waals surface area contributed by atoms with Crippen LogP contribution in [0.1, 0.15) is 30.1 Å². The molecule has 0 aromatic heterocycles. The molecule has 1 saturated heterocycles. The molecule has 1 aromatic carbocycles. The van der Waals surface area contributed by atoms with E-state index in [1.807, 2.05) is 29.2 Å². The first-order valence-corrected chi connectivity index (χ1v) is 8.24. The lowest BCUT2D eigenvalue weighted by atomic mass is 9.98. The fourth-order valence-electron chi connectivity index (χ4n) is 2.72. The number of nitrogens with zero attached hydrogens (tertiary/aromatic N) is 1. The van der Waals surface area contributed by atoms with Gasteiger partial charge in [0.05, 0.1) is 12.2 Å². The summed E-state index contributed by atoms with van der Waals surface area (Å²) >= 11 is 1.73. The Kier molecular flexibility index (Phi) is 5.92. The molecule has 1 fully saturated rings. The van der Waals surface area contributed by atoms with Crippen LogP contribution in [0.3, 0.4) is 0 Å². The quantitative estimate of drug-likeness (QED) is 0.780. The summed E-state index contributed by atoms with van der Waals surface area (Å²) in [4.78, 5) is 15.8.